The van der Waals surface area contributed by atoms with Gasteiger partial charge in [-0.1, -0.05) is 120 Å². The number of carbonyl (C=O) groups excluding carboxylic acids is 2. The number of halogens is 2. The third kappa shape index (κ3) is 9.29. The lowest BCUT2D eigenvalue weighted by Crippen LogP contribution is -2.16. The lowest BCUT2D eigenvalue weighted by Gasteiger charge is -2.12. The van der Waals surface area contributed by atoms with Crippen LogP contribution in [0.25, 0.3) is 44.1 Å². The monoisotopic (exact) mass is 834 g/mol. The van der Waals surface area contributed by atoms with E-state index in [4.69, 9.17) is 32.7 Å². The molecule has 0 amide bonds. The van der Waals surface area contributed by atoms with Crippen molar-refractivity contribution in [1.29, 1.82) is 0 Å². The van der Waals surface area contributed by atoms with Crippen molar-refractivity contribution in [3.8, 4) is 28.0 Å². The van der Waals surface area contributed by atoms with Crippen molar-refractivity contribution in [1.82, 2.24) is 20.4 Å². The summed E-state index contributed by atoms with van der Waals surface area (Å²) < 4.78 is 11.3. The molecule has 0 aliphatic rings. The van der Waals surface area contributed by atoms with Gasteiger partial charge in [-0.15, -0.1) is 22.0 Å². The molecule has 2 aromatic heterocycles. The zero-order valence-corrected chi connectivity index (χ0v) is 34.4. The number of aromatic nitrogens is 4. The Morgan fingerprint density at radius 3 is 1.63 bits per heavy atom. The van der Waals surface area contributed by atoms with Crippen LogP contribution >= 0.6 is 35.0 Å². The summed E-state index contributed by atoms with van der Waals surface area (Å²) in [6.07, 6.45) is -0.0258. The van der Waals surface area contributed by atoms with Gasteiger partial charge in [-0.05, 0) is 83.6 Å². The molecule has 0 radical (unpaired) electrons. The average Bonchev–Trinajstić information content (AvgIpc) is 3.23. The minimum atomic E-state index is -0.602. The molecule has 8 nitrogen and oxygen atoms in total. The van der Waals surface area contributed by atoms with Gasteiger partial charge in [0.15, 0.2) is 0 Å². The summed E-state index contributed by atoms with van der Waals surface area (Å²) >= 11 is 14.5. The first kappa shape index (κ1) is 39.7. The molecule has 0 unspecified atom stereocenters. The van der Waals surface area contributed by atoms with Gasteiger partial charge < -0.3 is 9.47 Å². The van der Waals surface area contributed by atoms with Crippen molar-refractivity contribution < 1.29 is 19.1 Å². The van der Waals surface area contributed by atoms with Crippen LogP contribution in [0.5, 0.6) is 5.75 Å². The second-order valence-corrected chi connectivity index (χ2v) is 15.9. The average molecular weight is 836 g/mol. The van der Waals surface area contributed by atoms with Crippen LogP contribution in [0.4, 0.5) is 0 Å². The highest BCUT2D eigenvalue weighted by atomic mass is 35.5. The Balaban J connectivity index is 0.809. The zero-order chi connectivity index (χ0) is 40.9. The van der Waals surface area contributed by atoms with Gasteiger partial charge in [0.25, 0.3) is 0 Å². The topological polar surface area (TPSA) is 104 Å². The summed E-state index contributed by atoms with van der Waals surface area (Å²) in [6, 6.07) is 42.9. The lowest BCUT2D eigenvalue weighted by molar-refractivity contribution is -0.158. The molecule has 8 aromatic rings. The number of nitrogens with zero attached hydrogens (tertiary/aromatic N) is 4. The normalized spacial score (nSPS) is 11.2. The molecule has 0 aliphatic heterocycles. The summed E-state index contributed by atoms with van der Waals surface area (Å²) in [7, 11) is 0. The molecule has 2 heterocycles. The number of benzene rings is 6. The van der Waals surface area contributed by atoms with Crippen molar-refractivity contribution in [3.63, 3.8) is 0 Å². The molecule has 0 spiro atoms. The van der Waals surface area contributed by atoms with Crippen molar-refractivity contribution in [3.05, 3.63) is 177 Å². The molecule has 292 valence electrons. The summed E-state index contributed by atoms with van der Waals surface area (Å²) in [5.41, 5.74) is 10.5. The van der Waals surface area contributed by atoms with E-state index >= 15 is 0 Å². The lowest BCUT2D eigenvalue weighted by atomic mass is 9.99. The molecule has 0 saturated carbocycles. The van der Waals surface area contributed by atoms with Gasteiger partial charge in [0, 0.05) is 32.5 Å². The molecule has 11 heteroatoms. The van der Waals surface area contributed by atoms with Crippen molar-refractivity contribution in [2.45, 2.75) is 43.9 Å². The number of esters is 2. The quantitative estimate of drug-likeness (QED) is 0.0676. The number of hydrogen-bond donors (Lipinski definition) is 0. The van der Waals surface area contributed by atoms with Crippen LogP contribution < -0.4 is 4.74 Å². The van der Waals surface area contributed by atoms with Gasteiger partial charge >= 0.3 is 11.9 Å². The number of aryl methyl sites for hydroxylation is 2. The molecule has 0 atom stereocenters. The highest BCUT2D eigenvalue weighted by Crippen LogP contribution is 2.36. The molecule has 59 heavy (non-hydrogen) atoms. The number of carbonyl (C=O) groups is 2. The molecule has 0 saturated heterocycles. The van der Waals surface area contributed by atoms with Crippen LogP contribution in [0.1, 0.15) is 33.6 Å². The number of hydrogen-bond acceptors (Lipinski definition) is 9. The number of thioether (sulfide) groups is 1. The van der Waals surface area contributed by atoms with E-state index in [9.17, 15) is 9.59 Å². The van der Waals surface area contributed by atoms with E-state index in [1.807, 2.05) is 123 Å². The zero-order valence-electron chi connectivity index (χ0n) is 32.1. The highest BCUT2D eigenvalue weighted by Gasteiger charge is 2.16. The molecular weight excluding hydrogens is 800 g/mol. The van der Waals surface area contributed by atoms with E-state index in [-0.39, 0.29) is 12.8 Å². The molecule has 0 aliphatic carbocycles. The fourth-order valence-electron chi connectivity index (χ4n) is 6.96. The second-order valence-electron chi connectivity index (χ2n) is 14.1. The summed E-state index contributed by atoms with van der Waals surface area (Å²) in [5, 5.41) is 20.3. The molecule has 0 bridgehead atoms. The maximum absolute atomic E-state index is 12.7. The van der Waals surface area contributed by atoms with Crippen LogP contribution in [0.3, 0.4) is 0 Å². The molecular formula is C48H36Cl2N4O4S. The Hall–Kier alpha value is -6.13. The summed E-state index contributed by atoms with van der Waals surface area (Å²) in [5.74, 6) is 0.243. The SMILES string of the molecule is Cc1nnc2c(Cl)cccc2c1-c1cccc(OCc2ccc(CC(=O)OC(=O)Cc3ccc(CSc4cccc(-c5c(C)nnc6c(Cl)cccc56)c4)cc3)cc2)c1. The van der Waals surface area contributed by atoms with Crippen molar-refractivity contribution in [2.24, 2.45) is 0 Å². The van der Waals surface area contributed by atoms with Crippen LogP contribution in [0.15, 0.2) is 138 Å². The predicted molar refractivity (Wildman–Crippen MR) is 235 cm³/mol. The highest BCUT2D eigenvalue weighted by molar-refractivity contribution is 7.98. The van der Waals surface area contributed by atoms with E-state index in [0.717, 1.165) is 77.3 Å². The predicted octanol–water partition coefficient (Wildman–Crippen LogP) is 11.6. The summed E-state index contributed by atoms with van der Waals surface area (Å²) in [6.45, 7) is 4.21. The third-order valence-corrected chi connectivity index (χ3v) is 11.5. The molecule has 0 fully saturated rings. The van der Waals surface area contributed by atoms with Crippen LogP contribution in [0.2, 0.25) is 10.0 Å². The van der Waals surface area contributed by atoms with Gasteiger partial charge in [0.05, 0.1) is 34.3 Å². The van der Waals surface area contributed by atoms with Crippen LogP contribution in [-0.4, -0.2) is 32.3 Å². The number of rotatable bonds is 12. The minimum absolute atomic E-state index is 0.00279. The first-order chi connectivity index (χ1) is 28.7. The number of ether oxygens (including phenoxy) is 2. The van der Waals surface area contributed by atoms with E-state index in [0.29, 0.717) is 33.4 Å². The van der Waals surface area contributed by atoms with E-state index in [1.54, 1.807) is 17.8 Å². The van der Waals surface area contributed by atoms with E-state index in [1.165, 1.54) is 0 Å². The summed E-state index contributed by atoms with van der Waals surface area (Å²) in [4.78, 5) is 26.5. The van der Waals surface area contributed by atoms with Gasteiger partial charge in [-0.3, -0.25) is 9.59 Å². The third-order valence-electron chi connectivity index (χ3n) is 9.86. The van der Waals surface area contributed by atoms with Crippen LogP contribution in [-0.2, 0) is 39.5 Å². The fraction of sp³-hybridized carbons (Fsp3) is 0.125. The maximum Gasteiger partial charge on any atom is 0.317 e. The molecule has 6 aromatic carbocycles. The fourth-order valence-corrected chi connectivity index (χ4v) is 8.30. The van der Waals surface area contributed by atoms with Gasteiger partial charge in [-0.2, -0.15) is 10.2 Å². The standard InChI is InChI=1S/C48H36Cl2N4O4S/c1-29-45(39-11-5-13-41(49)47(39)53-51-29)35-7-3-9-37(25-35)57-27-33-19-15-31(16-20-33)23-43(55)58-44(56)24-32-17-21-34(22-18-32)28-59-38-10-4-8-36(26-38)46-30(2)52-54-48-40(46)12-6-14-42(48)50/h3-22,25-26H,23-24,27-28H2,1-2H3. The Kier molecular flexibility index (Phi) is 12.0. The Bertz CT molecular complexity index is 2660. The number of fused-ring (bicyclic) bond motifs is 2. The maximum atomic E-state index is 12.7. The largest absolute Gasteiger partial charge is 0.489 e. The van der Waals surface area contributed by atoms with Crippen LogP contribution in [0, 0.1) is 13.8 Å². The smallest absolute Gasteiger partial charge is 0.317 e. The van der Waals surface area contributed by atoms with Crippen molar-refractivity contribution >= 4 is 68.7 Å². The van der Waals surface area contributed by atoms with E-state index < -0.39 is 11.9 Å². The second kappa shape index (κ2) is 17.8. The van der Waals surface area contributed by atoms with Gasteiger partial charge in [-0.25, -0.2) is 0 Å². The first-order valence-corrected chi connectivity index (χ1v) is 20.6. The van der Waals surface area contributed by atoms with Gasteiger partial charge in [0.1, 0.15) is 23.4 Å². The molecule has 0 N–H and O–H groups in total. The first-order valence-electron chi connectivity index (χ1n) is 18.9. The molecule has 8 rings (SSSR count). The van der Waals surface area contributed by atoms with E-state index in [2.05, 4.69) is 38.6 Å². The van der Waals surface area contributed by atoms with Gasteiger partial charge in [0.2, 0.25) is 0 Å². The Morgan fingerprint density at radius 1 is 0.559 bits per heavy atom. The Morgan fingerprint density at radius 2 is 1.05 bits per heavy atom. The minimum Gasteiger partial charge on any atom is -0.489 e. The van der Waals surface area contributed by atoms with Crippen molar-refractivity contribution in [2.75, 3.05) is 0 Å². The Labute approximate surface area is 355 Å².